The molecule has 1 atom stereocenters. The van der Waals surface area contributed by atoms with E-state index in [2.05, 4.69) is 10.6 Å². The van der Waals surface area contributed by atoms with Crippen LogP contribution in [-0.2, 0) is 4.79 Å². The summed E-state index contributed by atoms with van der Waals surface area (Å²) in [7, 11) is 0. The Labute approximate surface area is 270 Å². The fraction of sp³-hybridized carbons (Fsp3) is 0.200. The van der Waals surface area contributed by atoms with Gasteiger partial charge in [-0.2, -0.15) is 0 Å². The number of nitro groups is 1. The molecule has 1 heterocycles. The van der Waals surface area contributed by atoms with Gasteiger partial charge in [-0.1, -0.05) is 48.0 Å². The Bertz CT molecular complexity index is 1790. The Morgan fingerprint density at radius 3 is 2.06 bits per heavy atom. The van der Waals surface area contributed by atoms with Gasteiger partial charge in [0.1, 0.15) is 0 Å². The van der Waals surface area contributed by atoms with Gasteiger partial charge in [-0.3, -0.25) is 29.3 Å². The van der Waals surface area contributed by atoms with E-state index in [0.717, 1.165) is 5.56 Å². The molecule has 4 aromatic carbocycles. The molecule has 5 rings (SSSR count). The van der Waals surface area contributed by atoms with Gasteiger partial charge in [-0.15, -0.1) is 0 Å². The van der Waals surface area contributed by atoms with Crippen molar-refractivity contribution < 1.29 is 29.2 Å². The number of amides is 3. The maximum absolute atomic E-state index is 13.5. The number of rotatable bonds is 10. The molecule has 1 unspecified atom stereocenters. The van der Waals surface area contributed by atoms with Crippen LogP contribution in [0.25, 0.3) is 0 Å². The number of aliphatic carboxylic acids is 1. The molecule has 0 bridgehead atoms. The van der Waals surface area contributed by atoms with Crippen LogP contribution in [0, 0.1) is 17.0 Å². The maximum atomic E-state index is 13.5. The molecule has 12 heteroatoms. The first-order chi connectivity index (χ1) is 22.6. The second-order valence-electron chi connectivity index (χ2n) is 11.2. The zero-order valence-electron chi connectivity index (χ0n) is 25.6. The molecular weight excluding hydrogens is 602 g/mol. The van der Waals surface area contributed by atoms with Gasteiger partial charge in [-0.25, -0.2) is 0 Å². The van der Waals surface area contributed by atoms with Crippen molar-refractivity contribution in [2.24, 2.45) is 0 Å². The predicted molar refractivity (Wildman–Crippen MR) is 176 cm³/mol. The third-order valence-electron chi connectivity index (χ3n) is 7.94. The molecule has 0 spiro atoms. The van der Waals surface area contributed by atoms with Crippen LogP contribution >= 0.6 is 0 Å². The van der Waals surface area contributed by atoms with Crippen molar-refractivity contribution in [1.29, 1.82) is 0 Å². The van der Waals surface area contributed by atoms with Crippen LogP contribution in [0.15, 0.2) is 97.1 Å². The highest BCUT2D eigenvalue weighted by Crippen LogP contribution is 2.30. The number of aryl methyl sites for hydroxylation is 1. The lowest BCUT2D eigenvalue weighted by atomic mass is 10.0. The van der Waals surface area contributed by atoms with E-state index < -0.39 is 28.7 Å². The van der Waals surface area contributed by atoms with E-state index in [1.165, 1.54) is 30.3 Å². The van der Waals surface area contributed by atoms with Gasteiger partial charge < -0.3 is 25.5 Å². The first kappa shape index (κ1) is 32.4. The minimum Gasteiger partial charge on any atom is -0.481 e. The average Bonchev–Trinajstić information content (AvgIpc) is 3.08. The molecule has 1 saturated heterocycles. The summed E-state index contributed by atoms with van der Waals surface area (Å²) in [4.78, 5) is 65.7. The van der Waals surface area contributed by atoms with Crippen LogP contribution in [0.2, 0.25) is 0 Å². The topological polar surface area (TPSA) is 162 Å². The number of hydrogen-bond acceptors (Lipinski definition) is 7. The molecule has 1 aliphatic heterocycles. The second kappa shape index (κ2) is 14.4. The van der Waals surface area contributed by atoms with Crippen molar-refractivity contribution in [2.45, 2.75) is 19.4 Å². The molecule has 3 amide bonds. The molecular formula is C35H33N5O7. The molecule has 3 N–H and O–H groups in total. The van der Waals surface area contributed by atoms with Gasteiger partial charge in [-0.05, 0) is 55.0 Å². The summed E-state index contributed by atoms with van der Waals surface area (Å²) in [6.07, 6.45) is -0.331. The molecule has 0 aliphatic carbocycles. The Morgan fingerprint density at radius 1 is 0.809 bits per heavy atom. The van der Waals surface area contributed by atoms with Crippen LogP contribution in [0.3, 0.4) is 0 Å². The van der Waals surface area contributed by atoms with Crippen LogP contribution in [0.1, 0.15) is 54.7 Å². The number of nitro benzene ring substituents is 1. The van der Waals surface area contributed by atoms with Gasteiger partial charge in [0.05, 0.1) is 28.8 Å². The third-order valence-corrected chi connectivity index (χ3v) is 7.94. The van der Waals surface area contributed by atoms with Crippen molar-refractivity contribution >= 4 is 40.8 Å². The zero-order valence-corrected chi connectivity index (χ0v) is 25.6. The van der Waals surface area contributed by atoms with Crippen LogP contribution in [0.5, 0.6) is 0 Å². The summed E-state index contributed by atoms with van der Waals surface area (Å²) in [5.41, 5.74) is 3.36. The van der Waals surface area contributed by atoms with E-state index in [0.29, 0.717) is 48.7 Å². The van der Waals surface area contributed by atoms with Crippen molar-refractivity contribution in [1.82, 2.24) is 10.2 Å². The lowest BCUT2D eigenvalue weighted by Crippen LogP contribution is -2.49. The number of carboxylic acids is 1. The fourth-order valence-corrected chi connectivity index (χ4v) is 5.36. The van der Waals surface area contributed by atoms with E-state index in [1.807, 2.05) is 42.2 Å². The van der Waals surface area contributed by atoms with E-state index in [4.69, 9.17) is 0 Å². The highest BCUT2D eigenvalue weighted by molar-refractivity contribution is 6.07. The van der Waals surface area contributed by atoms with Gasteiger partial charge in [0.15, 0.2) is 0 Å². The predicted octanol–water partition coefficient (Wildman–Crippen LogP) is 5.06. The van der Waals surface area contributed by atoms with Gasteiger partial charge in [0.2, 0.25) is 0 Å². The number of carboxylic acid groups (broad SMARTS) is 1. The van der Waals surface area contributed by atoms with Crippen molar-refractivity contribution in [2.75, 3.05) is 36.4 Å². The monoisotopic (exact) mass is 635 g/mol. The fourth-order valence-electron chi connectivity index (χ4n) is 5.36. The minimum absolute atomic E-state index is 0.0755. The summed E-state index contributed by atoms with van der Waals surface area (Å²) in [5, 5.41) is 26.3. The lowest BCUT2D eigenvalue weighted by molar-refractivity contribution is -0.384. The first-order valence-corrected chi connectivity index (χ1v) is 15.0. The Hall–Kier alpha value is -6.04. The number of hydrogen-bond donors (Lipinski definition) is 3. The smallest absolute Gasteiger partial charge is 0.305 e. The molecule has 1 aliphatic rings. The third kappa shape index (κ3) is 7.98. The highest BCUT2D eigenvalue weighted by atomic mass is 16.6. The number of carbonyl (C=O) groups is 4. The molecule has 4 aromatic rings. The quantitative estimate of drug-likeness (QED) is 0.161. The van der Waals surface area contributed by atoms with Gasteiger partial charge >= 0.3 is 5.97 Å². The Balaban J connectivity index is 1.40. The Kier molecular flexibility index (Phi) is 9.90. The van der Waals surface area contributed by atoms with E-state index in [1.54, 1.807) is 41.3 Å². The molecule has 0 saturated carbocycles. The number of piperazine rings is 1. The largest absolute Gasteiger partial charge is 0.481 e. The van der Waals surface area contributed by atoms with Crippen molar-refractivity contribution in [3.63, 3.8) is 0 Å². The zero-order chi connectivity index (χ0) is 33.5. The normalized spacial score (nSPS) is 13.4. The standard InChI is InChI=1S/C35H33N5O7/c1-23-7-9-24(10-8-23)29(22-32(41)42)36-34(44)27-13-16-31(30(21-27)37-33(43)25-11-14-28(15-12-25)40(46)47)38-17-19-39(20-18-38)35(45)26-5-3-2-4-6-26/h2-16,21,29H,17-20,22H2,1H3,(H,36,44)(H,37,43)(H,41,42). The van der Waals surface area contributed by atoms with Gasteiger partial charge in [0, 0.05) is 55.0 Å². The Morgan fingerprint density at radius 2 is 1.45 bits per heavy atom. The summed E-state index contributed by atoms with van der Waals surface area (Å²) < 4.78 is 0. The summed E-state index contributed by atoms with van der Waals surface area (Å²) in [6.45, 7) is 3.68. The molecule has 240 valence electrons. The number of carbonyl (C=O) groups excluding carboxylic acids is 3. The summed E-state index contributed by atoms with van der Waals surface area (Å²) in [5.74, 6) is -2.23. The van der Waals surface area contributed by atoms with Gasteiger partial charge in [0.25, 0.3) is 23.4 Å². The number of anilines is 2. The molecule has 1 fully saturated rings. The number of nitrogens with one attached hydrogen (secondary N) is 2. The molecule has 12 nitrogen and oxygen atoms in total. The highest BCUT2D eigenvalue weighted by Gasteiger charge is 2.26. The van der Waals surface area contributed by atoms with E-state index >= 15 is 0 Å². The molecule has 0 aromatic heterocycles. The van der Waals surface area contributed by atoms with Crippen LogP contribution in [0.4, 0.5) is 17.1 Å². The first-order valence-electron chi connectivity index (χ1n) is 15.0. The summed E-state index contributed by atoms with van der Waals surface area (Å²) >= 11 is 0. The van der Waals surface area contributed by atoms with Crippen molar-refractivity contribution in [3.8, 4) is 0 Å². The average molecular weight is 636 g/mol. The molecule has 0 radical (unpaired) electrons. The number of benzene rings is 4. The molecule has 47 heavy (non-hydrogen) atoms. The lowest BCUT2D eigenvalue weighted by Gasteiger charge is -2.37. The SMILES string of the molecule is Cc1ccc(C(CC(=O)O)NC(=O)c2ccc(N3CCN(C(=O)c4ccccc4)CC3)c(NC(=O)c3ccc([N+](=O)[O-])cc3)c2)cc1. The minimum atomic E-state index is -1.08. The summed E-state index contributed by atoms with van der Waals surface area (Å²) in [6, 6.07) is 25.4. The van der Waals surface area contributed by atoms with Crippen molar-refractivity contribution in [3.05, 3.63) is 135 Å². The number of nitrogens with zero attached hydrogens (tertiary/aromatic N) is 3. The van der Waals surface area contributed by atoms with Crippen LogP contribution < -0.4 is 15.5 Å². The van der Waals surface area contributed by atoms with E-state index in [-0.39, 0.29) is 29.1 Å². The maximum Gasteiger partial charge on any atom is 0.305 e. The van der Waals surface area contributed by atoms with E-state index in [9.17, 15) is 34.4 Å². The van der Waals surface area contributed by atoms with Crippen LogP contribution in [-0.4, -0.2) is 64.8 Å². The second-order valence-corrected chi connectivity index (χ2v) is 11.2. The number of non-ortho nitro benzene ring substituents is 1.